The maximum absolute atomic E-state index is 13.4. The average molecular weight is 272 g/mol. The highest BCUT2D eigenvalue weighted by molar-refractivity contribution is 5.67. The number of carbonyl (C=O) groups is 1. The minimum Gasteiger partial charge on any atom is -0.444 e. The lowest BCUT2D eigenvalue weighted by Crippen LogP contribution is -2.36. The molecule has 0 bridgehead atoms. The van der Waals surface area contributed by atoms with E-state index in [1.807, 2.05) is 0 Å². The van der Waals surface area contributed by atoms with Crippen LogP contribution in [-0.4, -0.2) is 18.2 Å². The maximum Gasteiger partial charge on any atom is 0.407 e. The normalized spacial score (nSPS) is 12.9. The Bertz CT molecular complexity index is 458. The van der Waals surface area contributed by atoms with Crippen LogP contribution in [0.2, 0.25) is 0 Å². The fraction of sp³-hybridized carbons (Fsp3) is 0.462. The summed E-state index contributed by atoms with van der Waals surface area (Å²) in [6.45, 7) is 5.18. The summed E-state index contributed by atoms with van der Waals surface area (Å²) in [4.78, 5) is 11.4. The second-order valence-electron chi connectivity index (χ2n) is 5.16. The molecule has 1 aromatic carbocycles. The predicted octanol–water partition coefficient (Wildman–Crippen LogP) is 2.49. The molecule has 0 heterocycles. The van der Waals surface area contributed by atoms with Crippen LogP contribution in [0, 0.1) is 11.6 Å². The largest absolute Gasteiger partial charge is 0.444 e. The van der Waals surface area contributed by atoms with Gasteiger partial charge in [-0.25, -0.2) is 13.6 Å². The number of hydrogen-bond acceptors (Lipinski definition) is 3. The van der Waals surface area contributed by atoms with E-state index in [9.17, 15) is 13.6 Å². The first-order chi connectivity index (χ1) is 8.69. The minimum atomic E-state index is -0.770. The fourth-order valence-electron chi connectivity index (χ4n) is 1.42. The topological polar surface area (TPSA) is 64.3 Å². The van der Waals surface area contributed by atoms with Crippen molar-refractivity contribution in [3.05, 3.63) is 35.4 Å². The second kappa shape index (κ2) is 5.97. The number of nitrogens with two attached hydrogens (primary N) is 1. The number of nitrogens with one attached hydrogen (secondary N) is 1. The lowest BCUT2D eigenvalue weighted by Gasteiger charge is -2.21. The number of rotatable bonds is 3. The van der Waals surface area contributed by atoms with Crippen LogP contribution in [0.25, 0.3) is 0 Å². The summed E-state index contributed by atoms with van der Waals surface area (Å²) in [6, 6.07) is 2.36. The third-order valence-electron chi connectivity index (χ3n) is 2.23. The van der Waals surface area contributed by atoms with Crippen molar-refractivity contribution in [2.24, 2.45) is 5.73 Å². The Morgan fingerprint density at radius 3 is 2.58 bits per heavy atom. The predicted molar refractivity (Wildman–Crippen MR) is 67.5 cm³/mol. The van der Waals surface area contributed by atoms with Gasteiger partial charge in [-0.1, -0.05) is 6.07 Å². The summed E-state index contributed by atoms with van der Waals surface area (Å²) < 4.78 is 31.2. The SMILES string of the molecule is CC(C)(C)OC(=O)NC[C@@H](N)c1ccc(F)cc1F. The summed E-state index contributed by atoms with van der Waals surface area (Å²) in [5.41, 5.74) is 5.25. The Morgan fingerprint density at radius 1 is 1.42 bits per heavy atom. The quantitative estimate of drug-likeness (QED) is 0.888. The van der Waals surface area contributed by atoms with Crippen molar-refractivity contribution in [1.82, 2.24) is 5.32 Å². The van der Waals surface area contributed by atoms with Gasteiger partial charge >= 0.3 is 6.09 Å². The minimum absolute atomic E-state index is 0.00251. The summed E-state index contributed by atoms with van der Waals surface area (Å²) in [5, 5.41) is 2.43. The highest BCUT2D eigenvalue weighted by Gasteiger charge is 2.18. The second-order valence-corrected chi connectivity index (χ2v) is 5.16. The lowest BCUT2D eigenvalue weighted by molar-refractivity contribution is 0.0524. The highest BCUT2D eigenvalue weighted by Crippen LogP contribution is 2.16. The molecule has 0 fully saturated rings. The fourth-order valence-corrected chi connectivity index (χ4v) is 1.42. The molecule has 0 aromatic heterocycles. The summed E-state index contributed by atoms with van der Waals surface area (Å²) in [5.74, 6) is -1.41. The van der Waals surface area contributed by atoms with Crippen LogP contribution in [-0.2, 0) is 4.74 Å². The maximum atomic E-state index is 13.4. The van der Waals surface area contributed by atoms with Gasteiger partial charge in [-0.15, -0.1) is 0 Å². The van der Waals surface area contributed by atoms with E-state index in [1.54, 1.807) is 20.8 Å². The summed E-state index contributed by atoms with van der Waals surface area (Å²) >= 11 is 0. The molecule has 1 amide bonds. The van der Waals surface area contributed by atoms with E-state index in [0.717, 1.165) is 12.1 Å². The van der Waals surface area contributed by atoms with Gasteiger partial charge in [0.1, 0.15) is 17.2 Å². The molecule has 0 radical (unpaired) electrons. The van der Waals surface area contributed by atoms with E-state index in [4.69, 9.17) is 10.5 Å². The van der Waals surface area contributed by atoms with E-state index in [2.05, 4.69) is 5.32 Å². The van der Waals surface area contributed by atoms with Crippen LogP contribution in [0.4, 0.5) is 13.6 Å². The van der Waals surface area contributed by atoms with Gasteiger partial charge in [-0.3, -0.25) is 0 Å². The Hall–Kier alpha value is -1.69. The van der Waals surface area contributed by atoms with E-state index in [1.165, 1.54) is 6.07 Å². The van der Waals surface area contributed by atoms with Gasteiger partial charge < -0.3 is 15.8 Å². The zero-order chi connectivity index (χ0) is 14.6. The van der Waals surface area contributed by atoms with E-state index in [-0.39, 0.29) is 12.1 Å². The van der Waals surface area contributed by atoms with Crippen molar-refractivity contribution in [2.45, 2.75) is 32.4 Å². The molecule has 0 aliphatic rings. The number of amides is 1. The number of carbonyl (C=O) groups excluding carboxylic acids is 1. The number of hydrogen-bond donors (Lipinski definition) is 2. The lowest BCUT2D eigenvalue weighted by atomic mass is 10.1. The Kier molecular flexibility index (Phi) is 4.83. The molecule has 0 saturated heterocycles. The molecule has 0 aliphatic heterocycles. The first-order valence-electron chi connectivity index (χ1n) is 5.86. The summed E-state index contributed by atoms with van der Waals surface area (Å²) in [6.07, 6.45) is -0.634. The number of halogens is 2. The molecule has 0 aliphatic carbocycles. The number of benzene rings is 1. The zero-order valence-corrected chi connectivity index (χ0v) is 11.2. The van der Waals surface area contributed by atoms with Crippen LogP contribution < -0.4 is 11.1 Å². The zero-order valence-electron chi connectivity index (χ0n) is 11.2. The first kappa shape index (κ1) is 15.4. The van der Waals surface area contributed by atoms with Crippen LogP contribution in [0.15, 0.2) is 18.2 Å². The van der Waals surface area contributed by atoms with Crippen molar-refractivity contribution in [2.75, 3.05) is 6.54 Å². The highest BCUT2D eigenvalue weighted by atomic mass is 19.1. The molecular weight excluding hydrogens is 254 g/mol. The number of ether oxygens (including phenoxy) is 1. The molecule has 0 saturated carbocycles. The smallest absolute Gasteiger partial charge is 0.407 e. The molecular formula is C13H18F2N2O2. The molecule has 106 valence electrons. The van der Waals surface area contributed by atoms with Crippen molar-refractivity contribution in [3.8, 4) is 0 Å². The van der Waals surface area contributed by atoms with Crippen LogP contribution >= 0.6 is 0 Å². The van der Waals surface area contributed by atoms with E-state index in [0.29, 0.717) is 0 Å². The Morgan fingerprint density at radius 2 is 2.05 bits per heavy atom. The van der Waals surface area contributed by atoms with Gasteiger partial charge in [0.25, 0.3) is 0 Å². The van der Waals surface area contributed by atoms with Gasteiger partial charge in [0.15, 0.2) is 0 Å². The van der Waals surface area contributed by atoms with E-state index < -0.39 is 29.4 Å². The third-order valence-corrected chi connectivity index (χ3v) is 2.23. The summed E-state index contributed by atoms with van der Waals surface area (Å²) in [7, 11) is 0. The monoisotopic (exact) mass is 272 g/mol. The molecule has 3 N–H and O–H groups in total. The third kappa shape index (κ3) is 5.21. The first-order valence-corrected chi connectivity index (χ1v) is 5.86. The molecule has 19 heavy (non-hydrogen) atoms. The Labute approximate surface area is 110 Å². The van der Waals surface area contributed by atoms with Crippen LogP contribution in [0.1, 0.15) is 32.4 Å². The molecule has 1 rings (SSSR count). The van der Waals surface area contributed by atoms with Crippen molar-refractivity contribution < 1.29 is 18.3 Å². The van der Waals surface area contributed by atoms with Gasteiger partial charge in [-0.05, 0) is 26.8 Å². The van der Waals surface area contributed by atoms with Gasteiger partial charge in [0.05, 0.1) is 6.04 Å². The van der Waals surface area contributed by atoms with Crippen molar-refractivity contribution >= 4 is 6.09 Å². The van der Waals surface area contributed by atoms with Crippen molar-refractivity contribution in [3.63, 3.8) is 0 Å². The van der Waals surface area contributed by atoms with Gasteiger partial charge in [0, 0.05) is 18.2 Å². The standard InChI is InChI=1S/C13H18F2N2O2/c1-13(2,3)19-12(18)17-7-11(16)9-5-4-8(14)6-10(9)15/h4-6,11H,7,16H2,1-3H3,(H,17,18)/t11-/m1/s1. The molecule has 4 nitrogen and oxygen atoms in total. The molecule has 0 spiro atoms. The van der Waals surface area contributed by atoms with Crippen LogP contribution in [0.3, 0.4) is 0 Å². The van der Waals surface area contributed by atoms with Gasteiger partial charge in [-0.2, -0.15) is 0 Å². The number of alkyl carbamates (subject to hydrolysis) is 1. The average Bonchev–Trinajstić information content (AvgIpc) is 2.23. The molecule has 1 atom stereocenters. The van der Waals surface area contributed by atoms with E-state index >= 15 is 0 Å². The molecule has 1 aromatic rings. The van der Waals surface area contributed by atoms with Crippen LogP contribution in [0.5, 0.6) is 0 Å². The van der Waals surface area contributed by atoms with Crippen molar-refractivity contribution in [1.29, 1.82) is 0 Å². The Balaban J connectivity index is 2.56. The van der Waals surface area contributed by atoms with Gasteiger partial charge in [0.2, 0.25) is 0 Å². The molecule has 6 heteroatoms. The molecule has 0 unspecified atom stereocenters.